The van der Waals surface area contributed by atoms with Crippen LogP contribution in [0.5, 0.6) is 0 Å². The molecule has 21 heavy (non-hydrogen) atoms. The number of hydrogen-bond donors (Lipinski definition) is 1. The number of hydrogen-bond acceptors (Lipinski definition) is 5. The Labute approximate surface area is 122 Å². The fourth-order valence-electron chi connectivity index (χ4n) is 2.14. The fraction of sp³-hybridized carbons (Fsp3) is 0.214. The molecule has 0 saturated heterocycles. The van der Waals surface area contributed by atoms with Gasteiger partial charge in [0.2, 0.25) is 0 Å². The maximum atomic E-state index is 11.3. The van der Waals surface area contributed by atoms with Gasteiger partial charge in [-0.1, -0.05) is 0 Å². The van der Waals surface area contributed by atoms with E-state index in [0.717, 1.165) is 16.7 Å². The molecule has 6 nitrogen and oxygen atoms in total. The van der Waals surface area contributed by atoms with Crippen LogP contribution < -0.4 is 0 Å². The van der Waals surface area contributed by atoms with E-state index in [1.54, 1.807) is 12.3 Å². The molecule has 0 aliphatic carbocycles. The molecule has 0 fully saturated rings. The topological polar surface area (TPSA) is 88.6 Å². The van der Waals surface area contributed by atoms with Crippen molar-refractivity contribution in [1.82, 2.24) is 19.9 Å². The van der Waals surface area contributed by atoms with E-state index in [1.807, 2.05) is 25.1 Å². The minimum absolute atomic E-state index is 0.103. The van der Waals surface area contributed by atoms with Gasteiger partial charge < -0.3 is 4.98 Å². The van der Waals surface area contributed by atoms with Crippen LogP contribution in [0.15, 0.2) is 30.5 Å². The molecule has 0 atom stereocenters. The van der Waals surface area contributed by atoms with E-state index in [1.165, 1.54) is 6.26 Å². The molecule has 1 N–H and O–H groups in total. The first-order chi connectivity index (χ1) is 9.90. The van der Waals surface area contributed by atoms with Crippen LogP contribution in [0.1, 0.15) is 11.4 Å². The Bertz CT molecular complexity index is 916. The molecule has 3 rings (SSSR count). The largest absolute Gasteiger partial charge is 0.357 e. The maximum absolute atomic E-state index is 11.3. The Morgan fingerprint density at radius 3 is 2.76 bits per heavy atom. The normalized spacial score (nSPS) is 11.9. The first-order valence-corrected chi connectivity index (χ1v) is 8.43. The van der Waals surface area contributed by atoms with Crippen molar-refractivity contribution in [2.24, 2.45) is 0 Å². The number of rotatable bonds is 3. The third-order valence-corrected chi connectivity index (χ3v) is 3.78. The number of sulfone groups is 1. The second kappa shape index (κ2) is 4.92. The van der Waals surface area contributed by atoms with Gasteiger partial charge in [0.15, 0.2) is 15.7 Å². The van der Waals surface area contributed by atoms with Crippen molar-refractivity contribution in [1.29, 1.82) is 0 Å². The third-order valence-electron chi connectivity index (χ3n) is 2.96. The van der Waals surface area contributed by atoms with E-state index < -0.39 is 9.84 Å². The van der Waals surface area contributed by atoms with Gasteiger partial charge in [0.25, 0.3) is 0 Å². The van der Waals surface area contributed by atoms with Crippen molar-refractivity contribution >= 4 is 20.9 Å². The second-order valence-electron chi connectivity index (χ2n) is 5.02. The van der Waals surface area contributed by atoms with Crippen molar-refractivity contribution in [3.63, 3.8) is 0 Å². The smallest absolute Gasteiger partial charge is 0.178 e. The van der Waals surface area contributed by atoms with Crippen molar-refractivity contribution < 1.29 is 8.42 Å². The second-order valence-corrected chi connectivity index (χ2v) is 7.16. The molecule has 7 heteroatoms. The summed E-state index contributed by atoms with van der Waals surface area (Å²) >= 11 is 0. The highest BCUT2D eigenvalue weighted by atomic mass is 32.2. The van der Waals surface area contributed by atoms with Crippen LogP contribution in [0.25, 0.3) is 22.6 Å². The highest BCUT2D eigenvalue weighted by Gasteiger charge is 2.10. The quantitative estimate of drug-likeness (QED) is 0.798. The number of aromatic amines is 1. The number of nitrogens with zero attached hydrogens (tertiary/aromatic N) is 3. The number of nitrogens with one attached hydrogen (secondary N) is 1. The highest BCUT2D eigenvalue weighted by Crippen LogP contribution is 2.19. The first kappa shape index (κ1) is 13.7. The summed E-state index contributed by atoms with van der Waals surface area (Å²) in [6.07, 6.45) is 2.73. The maximum Gasteiger partial charge on any atom is 0.178 e. The molecular weight excluding hydrogens is 288 g/mol. The molecule has 0 unspecified atom stereocenters. The van der Waals surface area contributed by atoms with Crippen molar-refractivity contribution in [3.05, 3.63) is 41.9 Å². The number of aryl methyl sites for hydroxylation is 1. The van der Waals surface area contributed by atoms with E-state index >= 15 is 0 Å². The molecule has 0 spiro atoms. The Morgan fingerprint density at radius 1 is 1.19 bits per heavy atom. The van der Waals surface area contributed by atoms with E-state index in [4.69, 9.17) is 0 Å². The minimum atomic E-state index is -3.12. The van der Waals surface area contributed by atoms with Crippen molar-refractivity contribution in [2.45, 2.75) is 12.7 Å². The van der Waals surface area contributed by atoms with Crippen LogP contribution in [0.4, 0.5) is 0 Å². The Hall–Kier alpha value is -2.28. The van der Waals surface area contributed by atoms with Crippen LogP contribution >= 0.6 is 0 Å². The van der Waals surface area contributed by atoms with Gasteiger partial charge in [-0.05, 0) is 31.2 Å². The van der Waals surface area contributed by atoms with Crippen LogP contribution in [-0.4, -0.2) is 34.6 Å². The lowest BCUT2D eigenvalue weighted by Gasteiger charge is -2.02. The van der Waals surface area contributed by atoms with Gasteiger partial charge in [0.05, 0.1) is 22.5 Å². The molecular formula is C14H14N4O2S. The molecule has 3 heterocycles. The Balaban J connectivity index is 2.03. The summed E-state index contributed by atoms with van der Waals surface area (Å²) in [6, 6.07) is 7.28. The van der Waals surface area contributed by atoms with Crippen LogP contribution in [0.3, 0.4) is 0 Å². The molecule has 0 aromatic carbocycles. The zero-order valence-corrected chi connectivity index (χ0v) is 12.5. The van der Waals surface area contributed by atoms with Crippen molar-refractivity contribution in [3.8, 4) is 11.5 Å². The molecule has 3 aromatic heterocycles. The molecule has 0 bridgehead atoms. The van der Waals surface area contributed by atoms with E-state index in [9.17, 15) is 8.42 Å². The van der Waals surface area contributed by atoms with E-state index in [2.05, 4.69) is 19.9 Å². The average Bonchev–Trinajstić information content (AvgIpc) is 2.76. The molecule has 3 aromatic rings. The summed E-state index contributed by atoms with van der Waals surface area (Å²) in [5, 5.41) is 0. The van der Waals surface area contributed by atoms with Gasteiger partial charge in [0, 0.05) is 18.1 Å². The van der Waals surface area contributed by atoms with Gasteiger partial charge in [-0.2, -0.15) is 0 Å². The van der Waals surface area contributed by atoms with Gasteiger partial charge >= 0.3 is 0 Å². The lowest BCUT2D eigenvalue weighted by Crippen LogP contribution is -2.04. The average molecular weight is 302 g/mol. The first-order valence-electron chi connectivity index (χ1n) is 6.37. The van der Waals surface area contributed by atoms with Gasteiger partial charge in [0.1, 0.15) is 5.69 Å². The lowest BCUT2D eigenvalue weighted by molar-refractivity contribution is 0.600. The van der Waals surface area contributed by atoms with Gasteiger partial charge in [-0.25, -0.2) is 23.4 Å². The summed E-state index contributed by atoms with van der Waals surface area (Å²) in [7, 11) is -3.12. The van der Waals surface area contributed by atoms with E-state index in [0.29, 0.717) is 17.2 Å². The van der Waals surface area contributed by atoms with Crippen LogP contribution in [0.2, 0.25) is 0 Å². The summed E-state index contributed by atoms with van der Waals surface area (Å²) in [6.45, 7) is 1.96. The third kappa shape index (κ3) is 3.08. The number of H-pyrrole nitrogens is 1. The van der Waals surface area contributed by atoms with Crippen LogP contribution in [-0.2, 0) is 15.6 Å². The Morgan fingerprint density at radius 2 is 2.00 bits per heavy atom. The molecule has 0 saturated carbocycles. The zero-order valence-electron chi connectivity index (χ0n) is 11.7. The monoisotopic (exact) mass is 302 g/mol. The number of pyridine rings is 1. The summed E-state index contributed by atoms with van der Waals surface area (Å²) in [5.41, 5.74) is 3.90. The standard InChI is InChI=1S/C14H14N4O2S/c1-9-7-13-11(16-9)3-4-12(18-13)14-15-6-5-10(17-14)8-21(2,19)20/h3-7,16H,8H2,1-2H3. The number of fused-ring (bicyclic) bond motifs is 1. The predicted molar refractivity (Wildman–Crippen MR) is 80.4 cm³/mol. The number of aromatic nitrogens is 4. The molecule has 0 aliphatic rings. The van der Waals surface area contributed by atoms with Gasteiger partial charge in [-0.15, -0.1) is 0 Å². The fourth-order valence-corrected chi connectivity index (χ4v) is 2.84. The highest BCUT2D eigenvalue weighted by molar-refractivity contribution is 7.89. The molecule has 0 aliphatic heterocycles. The Kier molecular flexibility index (Phi) is 3.21. The SMILES string of the molecule is Cc1cc2nc(-c3nccc(CS(C)(=O)=O)n3)ccc2[nH]1. The van der Waals surface area contributed by atoms with Crippen molar-refractivity contribution in [2.75, 3.05) is 6.26 Å². The predicted octanol–water partition coefficient (Wildman–Crippen LogP) is 1.87. The summed E-state index contributed by atoms with van der Waals surface area (Å²) < 4.78 is 22.7. The summed E-state index contributed by atoms with van der Waals surface area (Å²) in [4.78, 5) is 16.1. The van der Waals surface area contributed by atoms with E-state index in [-0.39, 0.29) is 5.75 Å². The lowest BCUT2D eigenvalue weighted by atomic mass is 10.3. The molecule has 0 radical (unpaired) electrons. The minimum Gasteiger partial charge on any atom is -0.357 e. The molecule has 108 valence electrons. The summed E-state index contributed by atoms with van der Waals surface area (Å²) in [5.74, 6) is 0.325. The molecule has 0 amide bonds. The zero-order chi connectivity index (χ0) is 15.0. The van der Waals surface area contributed by atoms with Gasteiger partial charge in [-0.3, -0.25) is 0 Å². The van der Waals surface area contributed by atoms with Crippen LogP contribution in [0, 0.1) is 6.92 Å².